The lowest BCUT2D eigenvalue weighted by atomic mass is 10.0. The number of pyridine rings is 1. The Balaban J connectivity index is 1.74. The fourth-order valence-corrected chi connectivity index (χ4v) is 3.44. The Morgan fingerprint density at radius 1 is 0.560 bits per heavy atom. The number of benzene rings is 3. The molecular weight excluding hydrogens is 304 g/mol. The summed E-state index contributed by atoms with van der Waals surface area (Å²) in [4.78, 5) is 8.48. The summed E-state index contributed by atoms with van der Waals surface area (Å²) in [5.41, 5.74) is 6.54. The first-order chi connectivity index (χ1) is 12.4. The molecule has 0 spiro atoms. The van der Waals surface area contributed by atoms with Gasteiger partial charge < -0.3 is 4.98 Å². The number of aromatic amines is 1. The third kappa shape index (κ3) is 2.31. The normalized spacial score (nSPS) is 11.2. The van der Waals surface area contributed by atoms with Crippen LogP contribution in [0.25, 0.3) is 44.3 Å². The summed E-state index contributed by atoms with van der Waals surface area (Å²) in [5.74, 6) is 0. The highest BCUT2D eigenvalue weighted by Crippen LogP contribution is 2.33. The van der Waals surface area contributed by atoms with E-state index < -0.39 is 0 Å². The van der Waals surface area contributed by atoms with E-state index in [0.29, 0.717) is 0 Å². The number of hydrogen-bond donors (Lipinski definition) is 1. The van der Waals surface area contributed by atoms with Gasteiger partial charge >= 0.3 is 0 Å². The Morgan fingerprint density at radius 3 is 2.20 bits per heavy atom. The van der Waals surface area contributed by atoms with Crippen molar-refractivity contribution in [2.75, 3.05) is 0 Å². The minimum atomic E-state index is 0.985. The Morgan fingerprint density at radius 2 is 1.28 bits per heavy atom. The molecule has 2 heteroatoms. The molecule has 3 aromatic carbocycles. The molecule has 1 N–H and O–H groups in total. The van der Waals surface area contributed by atoms with Crippen LogP contribution in [0.4, 0.5) is 0 Å². The second-order valence-electron chi connectivity index (χ2n) is 6.17. The van der Waals surface area contributed by atoms with Gasteiger partial charge in [-0.25, -0.2) is 4.98 Å². The Kier molecular flexibility index (Phi) is 3.14. The van der Waals surface area contributed by atoms with Crippen molar-refractivity contribution in [3.63, 3.8) is 0 Å². The number of nitrogens with one attached hydrogen (secondary N) is 1. The van der Waals surface area contributed by atoms with Crippen LogP contribution in [0.15, 0.2) is 91.0 Å². The average molecular weight is 320 g/mol. The van der Waals surface area contributed by atoms with Crippen LogP contribution in [0.5, 0.6) is 0 Å². The summed E-state index contributed by atoms with van der Waals surface area (Å²) in [6.45, 7) is 0. The highest BCUT2D eigenvalue weighted by Gasteiger charge is 2.10. The standard InChI is InChI=1S/C23H16N2/c1-2-8-16(9-3-1)20-14-7-15-22(24-20)19-12-6-11-18-17-10-4-5-13-21(17)25-23(18)19/h1-15,25H. The maximum absolute atomic E-state index is 4.91. The molecule has 0 aliphatic rings. The zero-order valence-electron chi connectivity index (χ0n) is 13.6. The lowest BCUT2D eigenvalue weighted by Gasteiger charge is -2.06. The van der Waals surface area contributed by atoms with Gasteiger partial charge in [0.1, 0.15) is 0 Å². The molecule has 2 heterocycles. The zero-order chi connectivity index (χ0) is 16.6. The molecule has 5 rings (SSSR count). The molecule has 0 aliphatic carbocycles. The van der Waals surface area contributed by atoms with Gasteiger partial charge in [-0.1, -0.05) is 72.8 Å². The van der Waals surface area contributed by atoms with Crippen molar-refractivity contribution >= 4 is 21.8 Å². The van der Waals surface area contributed by atoms with E-state index in [1.54, 1.807) is 0 Å². The van der Waals surface area contributed by atoms with Crippen molar-refractivity contribution in [3.05, 3.63) is 91.0 Å². The third-order valence-electron chi connectivity index (χ3n) is 4.64. The molecule has 0 saturated heterocycles. The predicted molar refractivity (Wildman–Crippen MR) is 104 cm³/mol. The zero-order valence-corrected chi connectivity index (χ0v) is 13.6. The molecular formula is C23H16N2. The van der Waals surface area contributed by atoms with Gasteiger partial charge in [0.15, 0.2) is 0 Å². The third-order valence-corrected chi connectivity index (χ3v) is 4.64. The molecule has 0 atom stereocenters. The van der Waals surface area contributed by atoms with Gasteiger partial charge in [-0.15, -0.1) is 0 Å². The Bertz CT molecular complexity index is 1190. The van der Waals surface area contributed by atoms with Gasteiger partial charge in [0.05, 0.1) is 16.9 Å². The average Bonchev–Trinajstić information content (AvgIpc) is 3.07. The molecule has 2 nitrogen and oxygen atoms in total. The van der Waals surface area contributed by atoms with E-state index in [-0.39, 0.29) is 0 Å². The van der Waals surface area contributed by atoms with E-state index in [9.17, 15) is 0 Å². The highest BCUT2D eigenvalue weighted by molar-refractivity contribution is 6.11. The van der Waals surface area contributed by atoms with E-state index in [1.165, 1.54) is 10.8 Å². The summed E-state index contributed by atoms with van der Waals surface area (Å²) in [6, 6.07) is 31.3. The number of rotatable bonds is 2. The monoisotopic (exact) mass is 320 g/mol. The van der Waals surface area contributed by atoms with Crippen LogP contribution in [-0.4, -0.2) is 9.97 Å². The maximum atomic E-state index is 4.91. The van der Waals surface area contributed by atoms with Crippen molar-refractivity contribution < 1.29 is 0 Å². The minimum absolute atomic E-state index is 0.985. The largest absolute Gasteiger partial charge is 0.354 e. The fourth-order valence-electron chi connectivity index (χ4n) is 3.44. The van der Waals surface area contributed by atoms with E-state index in [4.69, 9.17) is 4.98 Å². The first-order valence-electron chi connectivity index (χ1n) is 8.42. The summed E-state index contributed by atoms with van der Waals surface area (Å²) < 4.78 is 0. The fraction of sp³-hybridized carbons (Fsp3) is 0. The number of para-hydroxylation sites is 2. The van der Waals surface area contributed by atoms with Crippen LogP contribution in [0.3, 0.4) is 0 Å². The summed E-state index contributed by atoms with van der Waals surface area (Å²) >= 11 is 0. The molecule has 0 saturated carbocycles. The van der Waals surface area contributed by atoms with Crippen LogP contribution in [-0.2, 0) is 0 Å². The second-order valence-corrected chi connectivity index (χ2v) is 6.17. The first-order valence-corrected chi connectivity index (χ1v) is 8.42. The molecule has 0 aliphatic heterocycles. The molecule has 118 valence electrons. The van der Waals surface area contributed by atoms with Crippen molar-refractivity contribution in [1.82, 2.24) is 9.97 Å². The second kappa shape index (κ2) is 5.60. The van der Waals surface area contributed by atoms with Crippen LogP contribution < -0.4 is 0 Å². The first kappa shape index (κ1) is 14.0. The van der Waals surface area contributed by atoms with Gasteiger partial charge in [0, 0.05) is 27.4 Å². The lowest BCUT2D eigenvalue weighted by molar-refractivity contribution is 1.32. The molecule has 0 unspecified atom stereocenters. The number of aromatic nitrogens is 2. The molecule has 5 aromatic rings. The quantitative estimate of drug-likeness (QED) is 0.421. The van der Waals surface area contributed by atoms with Crippen LogP contribution in [0, 0.1) is 0 Å². The van der Waals surface area contributed by atoms with Gasteiger partial charge in [-0.05, 0) is 18.2 Å². The van der Waals surface area contributed by atoms with Gasteiger partial charge in [-0.2, -0.15) is 0 Å². The number of hydrogen-bond acceptors (Lipinski definition) is 1. The minimum Gasteiger partial charge on any atom is -0.354 e. The molecule has 0 amide bonds. The van der Waals surface area contributed by atoms with Crippen molar-refractivity contribution in [2.24, 2.45) is 0 Å². The van der Waals surface area contributed by atoms with E-state index in [2.05, 4.69) is 77.8 Å². The van der Waals surface area contributed by atoms with Gasteiger partial charge in [0.2, 0.25) is 0 Å². The van der Waals surface area contributed by atoms with Crippen molar-refractivity contribution in [3.8, 4) is 22.5 Å². The summed E-state index contributed by atoms with van der Waals surface area (Å²) in [7, 11) is 0. The van der Waals surface area contributed by atoms with E-state index in [0.717, 1.165) is 33.5 Å². The van der Waals surface area contributed by atoms with Gasteiger partial charge in [-0.3, -0.25) is 0 Å². The molecule has 25 heavy (non-hydrogen) atoms. The van der Waals surface area contributed by atoms with Crippen LogP contribution in [0.2, 0.25) is 0 Å². The van der Waals surface area contributed by atoms with Crippen LogP contribution in [0.1, 0.15) is 0 Å². The highest BCUT2D eigenvalue weighted by atomic mass is 14.7. The predicted octanol–water partition coefficient (Wildman–Crippen LogP) is 6.05. The maximum Gasteiger partial charge on any atom is 0.0730 e. The summed E-state index contributed by atoms with van der Waals surface area (Å²) in [5, 5.41) is 2.48. The number of fused-ring (bicyclic) bond motifs is 3. The molecule has 0 bridgehead atoms. The van der Waals surface area contributed by atoms with Crippen molar-refractivity contribution in [1.29, 1.82) is 0 Å². The smallest absolute Gasteiger partial charge is 0.0730 e. The topological polar surface area (TPSA) is 28.7 Å². The Hall–Kier alpha value is -3.39. The van der Waals surface area contributed by atoms with E-state index >= 15 is 0 Å². The van der Waals surface area contributed by atoms with E-state index in [1.807, 2.05) is 18.2 Å². The lowest BCUT2D eigenvalue weighted by Crippen LogP contribution is -1.88. The number of H-pyrrole nitrogens is 1. The number of nitrogens with zero attached hydrogens (tertiary/aromatic N) is 1. The summed E-state index contributed by atoms with van der Waals surface area (Å²) in [6.07, 6.45) is 0. The Labute approximate surface area is 145 Å². The molecule has 0 fully saturated rings. The molecule has 0 radical (unpaired) electrons. The molecule has 2 aromatic heterocycles. The SMILES string of the molecule is c1ccc(-c2cccc(-c3cccc4c3[nH]c3ccccc34)n2)cc1. The van der Waals surface area contributed by atoms with Gasteiger partial charge in [0.25, 0.3) is 0 Å². The van der Waals surface area contributed by atoms with Crippen LogP contribution >= 0.6 is 0 Å². The van der Waals surface area contributed by atoms with Crippen molar-refractivity contribution in [2.45, 2.75) is 0 Å².